The van der Waals surface area contributed by atoms with Gasteiger partial charge in [0.15, 0.2) is 5.78 Å². The predicted molar refractivity (Wildman–Crippen MR) is 173 cm³/mol. The van der Waals surface area contributed by atoms with Gasteiger partial charge in [0.1, 0.15) is 0 Å². The zero-order chi connectivity index (χ0) is 29.8. The quantitative estimate of drug-likeness (QED) is 0.100. The smallest absolute Gasteiger partial charge is 0.162 e. The summed E-state index contributed by atoms with van der Waals surface area (Å²) < 4.78 is 0. The number of carbonyl (C=O) groups excluding carboxylic acids is 1. The molecule has 0 unspecified atom stereocenters. The molecule has 1 aromatic heterocycles. The summed E-state index contributed by atoms with van der Waals surface area (Å²) >= 11 is 0. The summed E-state index contributed by atoms with van der Waals surface area (Å²) in [6, 6.07) is 30.9. The number of aliphatic hydroxyl groups excluding tert-OH is 1. The number of ketones is 1. The molecule has 4 aromatic rings. The number of allylic oxidation sites excluding steroid dienone is 2. The minimum atomic E-state index is 0. The van der Waals surface area contributed by atoms with Gasteiger partial charge in [-0.1, -0.05) is 108 Å². The van der Waals surface area contributed by atoms with E-state index in [9.17, 15) is 9.90 Å². The summed E-state index contributed by atoms with van der Waals surface area (Å²) in [5.41, 5.74) is 9.14. The van der Waals surface area contributed by atoms with Gasteiger partial charge in [-0.05, 0) is 53.6 Å². The van der Waals surface area contributed by atoms with Crippen LogP contribution in [0, 0.1) is 31.7 Å². The largest absolute Gasteiger partial charge is 0.512 e. The van der Waals surface area contributed by atoms with Crippen LogP contribution in [0.5, 0.6) is 0 Å². The summed E-state index contributed by atoms with van der Waals surface area (Å²) in [5, 5.41) is 9.76. The molecule has 0 fully saturated rings. The van der Waals surface area contributed by atoms with Crippen molar-refractivity contribution in [2.45, 2.75) is 67.2 Å². The number of aliphatic hydroxyl groups is 1. The number of benzene rings is 3. The molecule has 4 rings (SSSR count). The number of hydrogen-bond donors (Lipinski definition) is 1. The van der Waals surface area contributed by atoms with Gasteiger partial charge in [-0.25, -0.2) is 0 Å². The molecular formula is C38H44NO2Pt-. The maximum Gasteiger partial charge on any atom is 0.162 e. The van der Waals surface area contributed by atoms with Crippen LogP contribution in [0.25, 0.3) is 33.5 Å². The predicted octanol–water partition coefficient (Wildman–Crippen LogP) is 10.4. The second-order valence-corrected chi connectivity index (χ2v) is 10.6. The van der Waals surface area contributed by atoms with Gasteiger partial charge in [-0.3, -0.25) is 4.79 Å². The summed E-state index contributed by atoms with van der Waals surface area (Å²) in [7, 11) is 0. The maximum atomic E-state index is 11.7. The molecule has 3 aromatic carbocycles. The van der Waals surface area contributed by atoms with Crippen molar-refractivity contribution in [1.82, 2.24) is 4.98 Å². The van der Waals surface area contributed by atoms with Gasteiger partial charge in [-0.2, -0.15) is 0 Å². The van der Waals surface area contributed by atoms with Crippen molar-refractivity contribution in [2.75, 3.05) is 0 Å². The molecule has 224 valence electrons. The van der Waals surface area contributed by atoms with Crippen molar-refractivity contribution in [1.29, 1.82) is 0 Å². The number of pyridine rings is 1. The van der Waals surface area contributed by atoms with Gasteiger partial charge in [0.05, 0.1) is 5.76 Å². The Morgan fingerprint density at radius 3 is 1.79 bits per heavy atom. The molecule has 0 amide bonds. The Labute approximate surface area is 267 Å². The Morgan fingerprint density at radius 1 is 0.762 bits per heavy atom. The molecule has 0 radical (unpaired) electrons. The standard InChI is InChI=1S/C25H20N.C13H24O2.Pt/c1-18-14-19(2)16-24(15-18)25-13-12-23(17-26-25)22-10-8-21(9-11-22)20-6-4-3-5-7-20;1-5-10(6-2)12(14)9-13(15)11(7-3)8-4;/h3-15,17H,1-2H3;9-11,14H,5-8H2,1-4H3;/q-1;;/b;12-9-;. The van der Waals surface area contributed by atoms with Crippen molar-refractivity contribution in [3.05, 3.63) is 114 Å². The summed E-state index contributed by atoms with van der Waals surface area (Å²) in [4.78, 5) is 16.4. The zero-order valence-corrected chi connectivity index (χ0v) is 28.0. The molecule has 1 heterocycles. The number of carbonyl (C=O) groups is 1. The second kappa shape index (κ2) is 17.6. The number of hydrogen-bond acceptors (Lipinski definition) is 3. The molecule has 0 aliphatic carbocycles. The maximum absolute atomic E-state index is 11.7. The van der Waals surface area contributed by atoms with Crippen LogP contribution in [0.3, 0.4) is 0 Å². The van der Waals surface area contributed by atoms with Crippen molar-refractivity contribution in [2.24, 2.45) is 11.8 Å². The summed E-state index contributed by atoms with van der Waals surface area (Å²) in [6.45, 7) is 12.2. The molecule has 42 heavy (non-hydrogen) atoms. The molecule has 4 heteroatoms. The van der Waals surface area contributed by atoms with E-state index < -0.39 is 0 Å². The second-order valence-electron chi connectivity index (χ2n) is 10.6. The first-order valence-corrected chi connectivity index (χ1v) is 14.9. The van der Waals surface area contributed by atoms with E-state index in [1.165, 1.54) is 28.3 Å². The van der Waals surface area contributed by atoms with Crippen molar-refractivity contribution >= 4 is 5.78 Å². The summed E-state index contributed by atoms with van der Waals surface area (Å²) in [5.74, 6) is 0.547. The number of nitrogens with zero attached hydrogens (tertiary/aromatic N) is 1. The van der Waals surface area contributed by atoms with Gasteiger partial charge in [0, 0.05) is 45.2 Å². The first-order valence-electron chi connectivity index (χ1n) is 14.9. The molecular weight excluding hydrogens is 698 g/mol. The van der Waals surface area contributed by atoms with E-state index in [-0.39, 0.29) is 44.4 Å². The van der Waals surface area contributed by atoms with E-state index in [4.69, 9.17) is 0 Å². The first kappa shape index (κ1) is 34.9. The molecule has 1 N–H and O–H groups in total. The molecule has 0 spiro atoms. The van der Waals surface area contributed by atoms with E-state index in [0.717, 1.165) is 48.1 Å². The van der Waals surface area contributed by atoms with Crippen LogP contribution in [0.4, 0.5) is 0 Å². The molecule has 0 atom stereocenters. The Balaban J connectivity index is 0.000000334. The fourth-order valence-electron chi connectivity index (χ4n) is 5.02. The van der Waals surface area contributed by atoms with Crippen molar-refractivity contribution in [3.63, 3.8) is 0 Å². The van der Waals surface area contributed by atoms with E-state index >= 15 is 0 Å². The number of rotatable bonds is 10. The molecule has 0 bridgehead atoms. The fourth-order valence-corrected chi connectivity index (χ4v) is 5.02. The molecule has 0 aliphatic heterocycles. The Bertz CT molecular complexity index is 1380. The number of aryl methyl sites for hydroxylation is 2. The van der Waals surface area contributed by atoms with Crippen LogP contribution < -0.4 is 0 Å². The van der Waals surface area contributed by atoms with Gasteiger partial charge in [-0.15, -0.1) is 34.9 Å². The molecule has 0 saturated carbocycles. The molecule has 3 nitrogen and oxygen atoms in total. The van der Waals surface area contributed by atoms with E-state index in [1.54, 1.807) is 0 Å². The number of aromatic nitrogens is 1. The molecule has 0 saturated heterocycles. The monoisotopic (exact) mass is 741 g/mol. The average molecular weight is 742 g/mol. The van der Waals surface area contributed by atoms with Crippen LogP contribution >= 0.6 is 0 Å². The minimum absolute atomic E-state index is 0. The third-order valence-electron chi connectivity index (χ3n) is 7.59. The van der Waals surface area contributed by atoms with Crippen LogP contribution in [0.15, 0.2) is 96.9 Å². The first-order chi connectivity index (χ1) is 19.8. The SMILES string of the molecule is CCC(CC)C(=O)/C=C(\O)C(CC)CC.Cc1[c-]c(-c2ccc(-c3ccc(-c4ccccc4)cc3)cn2)cc(C)c1.[Pt]. The van der Waals surface area contributed by atoms with Gasteiger partial charge in [0.25, 0.3) is 0 Å². The minimum Gasteiger partial charge on any atom is -0.512 e. The van der Waals surface area contributed by atoms with Crippen LogP contribution in [-0.4, -0.2) is 15.9 Å². The molecule has 0 aliphatic rings. The third-order valence-corrected chi connectivity index (χ3v) is 7.59. The van der Waals surface area contributed by atoms with Gasteiger partial charge >= 0.3 is 0 Å². The van der Waals surface area contributed by atoms with E-state index in [0.29, 0.717) is 0 Å². The van der Waals surface area contributed by atoms with Crippen molar-refractivity contribution < 1.29 is 31.0 Å². The topological polar surface area (TPSA) is 50.2 Å². The van der Waals surface area contributed by atoms with Crippen LogP contribution in [0.2, 0.25) is 0 Å². The van der Waals surface area contributed by atoms with Crippen LogP contribution in [0.1, 0.15) is 64.5 Å². The zero-order valence-electron chi connectivity index (χ0n) is 25.8. The normalized spacial score (nSPS) is 11.1. The Hall–Kier alpha value is -3.29. The summed E-state index contributed by atoms with van der Waals surface area (Å²) in [6.07, 6.45) is 6.85. The van der Waals surface area contributed by atoms with Crippen LogP contribution in [-0.2, 0) is 25.9 Å². The third kappa shape index (κ3) is 9.91. The average Bonchev–Trinajstić information content (AvgIpc) is 2.99. The van der Waals surface area contributed by atoms with Gasteiger partial charge in [0.2, 0.25) is 0 Å². The Morgan fingerprint density at radius 2 is 1.29 bits per heavy atom. The van der Waals surface area contributed by atoms with E-state index in [1.807, 2.05) is 40.0 Å². The van der Waals surface area contributed by atoms with Gasteiger partial charge < -0.3 is 10.1 Å². The Kier molecular flexibility index (Phi) is 14.6. The fraction of sp³-hybridized carbons (Fsp3) is 0.316. The van der Waals surface area contributed by atoms with Crippen molar-refractivity contribution in [3.8, 4) is 33.5 Å². The van der Waals surface area contributed by atoms with E-state index in [2.05, 4.69) is 97.7 Å².